The van der Waals surface area contributed by atoms with E-state index < -0.39 is 11.4 Å². The first-order valence-corrected chi connectivity index (χ1v) is 9.45. The Hall–Kier alpha value is -1.06. The van der Waals surface area contributed by atoms with Crippen LogP contribution in [0.15, 0.2) is 60.7 Å². The molecule has 1 atom stereocenters. The number of unbranched alkanes of at least 4 members (excludes halogenated alkanes) is 1. The van der Waals surface area contributed by atoms with E-state index in [-0.39, 0.29) is 7.92 Å². The van der Waals surface area contributed by atoms with Crippen LogP contribution < -0.4 is 10.6 Å². The smallest absolute Gasteiger partial charge is 0.284 e. The molecule has 5 heteroatoms. The second kappa shape index (κ2) is 9.06. The predicted molar refractivity (Wildman–Crippen MR) is 89.9 cm³/mol. The van der Waals surface area contributed by atoms with Crippen LogP contribution in [0.1, 0.15) is 12.8 Å². The molecule has 3 nitrogen and oxygen atoms in total. The molecule has 112 valence electrons. The molecule has 2 rings (SSSR count). The fourth-order valence-electron chi connectivity index (χ4n) is 2.13. The molecule has 2 aromatic carbocycles. The standard InChI is InChI=1S/C16H19O3PS/c17-21(18)19-13-7-8-14-20(15-9-3-1-4-10-15)16-11-5-2-6-12-16/h1-6,9-12H,7-8,13-14H2,(H,17,18). The van der Waals surface area contributed by atoms with Crippen LogP contribution in [0.4, 0.5) is 0 Å². The third kappa shape index (κ3) is 5.68. The summed E-state index contributed by atoms with van der Waals surface area (Å²) in [5.74, 6) is 0. The van der Waals surface area contributed by atoms with E-state index >= 15 is 0 Å². The van der Waals surface area contributed by atoms with Gasteiger partial charge in [-0.2, -0.15) is 4.21 Å². The quantitative estimate of drug-likeness (QED) is 0.462. The molecule has 0 bridgehead atoms. The normalized spacial score (nSPS) is 12.5. The lowest BCUT2D eigenvalue weighted by Gasteiger charge is -2.18. The van der Waals surface area contributed by atoms with Gasteiger partial charge < -0.3 is 0 Å². The van der Waals surface area contributed by atoms with Crippen LogP contribution in [-0.2, 0) is 15.5 Å². The van der Waals surface area contributed by atoms with Crippen molar-refractivity contribution in [2.75, 3.05) is 12.8 Å². The maximum absolute atomic E-state index is 10.4. The van der Waals surface area contributed by atoms with Crippen molar-refractivity contribution in [1.82, 2.24) is 0 Å². The van der Waals surface area contributed by atoms with Crippen molar-refractivity contribution in [2.24, 2.45) is 0 Å². The molecule has 0 saturated heterocycles. The lowest BCUT2D eigenvalue weighted by molar-refractivity contribution is 0.300. The van der Waals surface area contributed by atoms with Gasteiger partial charge in [-0.25, -0.2) is 0 Å². The molecule has 0 amide bonds. The van der Waals surface area contributed by atoms with Gasteiger partial charge in [-0.1, -0.05) is 60.7 Å². The van der Waals surface area contributed by atoms with Crippen LogP contribution in [-0.4, -0.2) is 21.5 Å². The van der Waals surface area contributed by atoms with Crippen LogP contribution in [0.5, 0.6) is 0 Å². The topological polar surface area (TPSA) is 46.5 Å². The Labute approximate surface area is 129 Å². The average molecular weight is 322 g/mol. The Kier molecular flexibility index (Phi) is 7.04. The highest BCUT2D eigenvalue weighted by molar-refractivity contribution is 7.74. The second-order valence-electron chi connectivity index (χ2n) is 4.57. The van der Waals surface area contributed by atoms with E-state index in [9.17, 15) is 4.21 Å². The van der Waals surface area contributed by atoms with Crippen LogP contribution in [0, 0.1) is 0 Å². The number of benzene rings is 2. The van der Waals surface area contributed by atoms with Crippen molar-refractivity contribution >= 4 is 29.9 Å². The molecule has 0 fully saturated rings. The maximum Gasteiger partial charge on any atom is 0.301 e. The minimum absolute atomic E-state index is 0.329. The van der Waals surface area contributed by atoms with Gasteiger partial charge >= 0.3 is 11.4 Å². The molecule has 0 aliphatic rings. The Morgan fingerprint density at radius 2 is 1.43 bits per heavy atom. The number of rotatable bonds is 8. The van der Waals surface area contributed by atoms with Gasteiger partial charge in [0.2, 0.25) is 0 Å². The first-order chi connectivity index (χ1) is 10.3. The van der Waals surface area contributed by atoms with Gasteiger partial charge in [0.05, 0.1) is 6.61 Å². The molecular weight excluding hydrogens is 303 g/mol. The highest BCUT2D eigenvalue weighted by atomic mass is 32.2. The molecule has 0 aliphatic heterocycles. The lowest BCUT2D eigenvalue weighted by atomic mass is 10.3. The molecule has 1 N–H and O–H groups in total. The van der Waals surface area contributed by atoms with Crippen molar-refractivity contribution in [1.29, 1.82) is 0 Å². The first-order valence-electron chi connectivity index (χ1n) is 6.89. The zero-order valence-electron chi connectivity index (χ0n) is 11.7. The summed E-state index contributed by atoms with van der Waals surface area (Å²) in [6.07, 6.45) is 2.84. The third-order valence-electron chi connectivity index (χ3n) is 3.10. The van der Waals surface area contributed by atoms with Crippen molar-refractivity contribution in [3.8, 4) is 0 Å². The SMILES string of the molecule is O=S(O)OCCCCP(c1ccccc1)c1ccccc1. The predicted octanol–water partition coefficient (Wildman–Crippen LogP) is 3.05. The van der Waals surface area contributed by atoms with E-state index in [1.165, 1.54) is 10.6 Å². The van der Waals surface area contributed by atoms with Gasteiger partial charge in [-0.3, -0.25) is 8.74 Å². The molecule has 0 aromatic heterocycles. The Bertz CT molecular complexity index is 508. The molecule has 21 heavy (non-hydrogen) atoms. The summed E-state index contributed by atoms with van der Waals surface area (Å²) in [5, 5.41) is 2.73. The molecular formula is C16H19O3PS. The van der Waals surface area contributed by atoms with E-state index in [1.807, 2.05) is 12.1 Å². The first kappa shape index (κ1) is 16.3. The van der Waals surface area contributed by atoms with Gasteiger partial charge in [0.1, 0.15) is 0 Å². The van der Waals surface area contributed by atoms with Gasteiger partial charge in [-0.05, 0) is 37.5 Å². The van der Waals surface area contributed by atoms with Crippen molar-refractivity contribution in [3.63, 3.8) is 0 Å². The van der Waals surface area contributed by atoms with E-state index in [2.05, 4.69) is 52.7 Å². The van der Waals surface area contributed by atoms with E-state index in [0.29, 0.717) is 6.61 Å². The van der Waals surface area contributed by atoms with Gasteiger partial charge in [0.15, 0.2) is 0 Å². The molecule has 1 unspecified atom stereocenters. The molecule has 0 saturated carbocycles. The van der Waals surface area contributed by atoms with Crippen LogP contribution in [0.3, 0.4) is 0 Å². The second-order valence-corrected chi connectivity index (χ2v) is 7.57. The van der Waals surface area contributed by atoms with Crippen molar-refractivity contribution in [2.45, 2.75) is 12.8 Å². The van der Waals surface area contributed by atoms with Gasteiger partial charge in [-0.15, -0.1) is 0 Å². The molecule has 0 radical (unpaired) electrons. The fourth-order valence-corrected chi connectivity index (χ4v) is 4.80. The highest BCUT2D eigenvalue weighted by Gasteiger charge is 2.12. The molecule has 0 heterocycles. The fraction of sp³-hybridized carbons (Fsp3) is 0.250. The Morgan fingerprint density at radius 1 is 0.905 bits per heavy atom. The van der Waals surface area contributed by atoms with Crippen LogP contribution in [0.2, 0.25) is 0 Å². The summed E-state index contributed by atoms with van der Waals surface area (Å²) in [6.45, 7) is 0.329. The molecule has 0 spiro atoms. The number of hydrogen-bond donors (Lipinski definition) is 1. The minimum atomic E-state index is -2.15. The molecule has 0 aliphatic carbocycles. The van der Waals surface area contributed by atoms with Gasteiger partial charge in [0, 0.05) is 0 Å². The summed E-state index contributed by atoms with van der Waals surface area (Å²) in [6, 6.07) is 21.1. The largest absolute Gasteiger partial charge is 0.301 e. The third-order valence-corrected chi connectivity index (χ3v) is 6.07. The van der Waals surface area contributed by atoms with Crippen LogP contribution in [0.25, 0.3) is 0 Å². The minimum Gasteiger partial charge on any atom is -0.284 e. The Balaban J connectivity index is 1.99. The van der Waals surface area contributed by atoms with Gasteiger partial charge in [0.25, 0.3) is 0 Å². The average Bonchev–Trinajstić information content (AvgIpc) is 2.52. The van der Waals surface area contributed by atoms with E-state index in [1.54, 1.807) is 0 Å². The maximum atomic E-state index is 10.4. The zero-order chi connectivity index (χ0) is 14.9. The summed E-state index contributed by atoms with van der Waals surface area (Å²) >= 11 is -2.15. The Morgan fingerprint density at radius 3 is 1.90 bits per heavy atom. The lowest BCUT2D eigenvalue weighted by Crippen LogP contribution is -2.14. The van der Waals surface area contributed by atoms with E-state index in [4.69, 9.17) is 4.55 Å². The molecule has 2 aromatic rings. The summed E-state index contributed by atoms with van der Waals surface area (Å²) in [4.78, 5) is 0. The monoisotopic (exact) mass is 322 g/mol. The van der Waals surface area contributed by atoms with Crippen molar-refractivity contribution < 1.29 is 12.9 Å². The number of hydrogen-bond acceptors (Lipinski definition) is 2. The van der Waals surface area contributed by atoms with Crippen LogP contribution >= 0.6 is 7.92 Å². The van der Waals surface area contributed by atoms with Crippen molar-refractivity contribution in [3.05, 3.63) is 60.7 Å². The highest BCUT2D eigenvalue weighted by Crippen LogP contribution is 2.34. The zero-order valence-corrected chi connectivity index (χ0v) is 13.4. The summed E-state index contributed by atoms with van der Waals surface area (Å²) in [5.41, 5.74) is 0. The van der Waals surface area contributed by atoms with E-state index in [0.717, 1.165) is 19.0 Å². The summed E-state index contributed by atoms with van der Waals surface area (Å²) in [7, 11) is -0.377. The summed E-state index contributed by atoms with van der Waals surface area (Å²) < 4.78 is 23.7.